The number of halogens is 6. The van der Waals surface area contributed by atoms with Crippen molar-refractivity contribution in [3.8, 4) is 5.75 Å². The van der Waals surface area contributed by atoms with Gasteiger partial charge in [0.25, 0.3) is 5.56 Å². The first-order valence-electron chi connectivity index (χ1n) is 15.4. The van der Waals surface area contributed by atoms with Crippen molar-refractivity contribution in [1.29, 1.82) is 0 Å². The molecule has 4 aromatic rings. The number of rotatable bonds is 13. The molecule has 1 aliphatic rings. The number of epoxide rings is 1. The summed E-state index contributed by atoms with van der Waals surface area (Å²) in [4.78, 5) is 40.3. The normalized spacial score (nSPS) is 17.0. The molecule has 1 amide bonds. The molecule has 1 aromatic heterocycles. The maximum Gasteiger partial charge on any atom is 0.308 e. The number of benzene rings is 3. The van der Waals surface area contributed by atoms with E-state index in [1.807, 2.05) is 0 Å². The SMILES string of the molecule is CC[C@@H](C(=O)NC(CC(=O)OC(C)(C)Cc1ccccc1F)C1OC1COc1c(F)c(F)cc(F)c1F)n1ccc2ccc(Cl)cc2c1=O. The van der Waals surface area contributed by atoms with Gasteiger partial charge in [-0.15, -0.1) is 0 Å². The third kappa shape index (κ3) is 8.22. The molecule has 49 heavy (non-hydrogen) atoms. The summed E-state index contributed by atoms with van der Waals surface area (Å²) in [7, 11) is 0. The van der Waals surface area contributed by atoms with Gasteiger partial charge in [0.05, 0.1) is 12.5 Å². The van der Waals surface area contributed by atoms with Crippen LogP contribution in [0.15, 0.2) is 65.6 Å². The number of carbonyl (C=O) groups excluding carboxylic acids is 2. The van der Waals surface area contributed by atoms with Gasteiger partial charge in [0.15, 0.2) is 17.4 Å². The minimum absolute atomic E-state index is 0.0347. The summed E-state index contributed by atoms with van der Waals surface area (Å²) in [5, 5.41) is 3.95. The highest BCUT2D eigenvalue weighted by atomic mass is 35.5. The summed E-state index contributed by atoms with van der Waals surface area (Å²) in [6.45, 7) is 4.26. The van der Waals surface area contributed by atoms with E-state index >= 15 is 0 Å². The van der Waals surface area contributed by atoms with Gasteiger partial charge in [0.1, 0.15) is 36.3 Å². The highest BCUT2D eigenvalue weighted by molar-refractivity contribution is 6.31. The second-order valence-corrected chi connectivity index (χ2v) is 12.7. The van der Waals surface area contributed by atoms with Crippen LogP contribution in [-0.4, -0.2) is 46.9 Å². The van der Waals surface area contributed by atoms with Crippen LogP contribution in [0.1, 0.15) is 45.2 Å². The molecule has 1 fully saturated rings. The molecule has 260 valence electrons. The number of nitrogens with zero attached hydrogens (tertiary/aromatic N) is 1. The average Bonchev–Trinajstić information content (AvgIpc) is 3.82. The van der Waals surface area contributed by atoms with E-state index in [1.54, 1.807) is 51.1 Å². The van der Waals surface area contributed by atoms with Crippen molar-refractivity contribution in [2.24, 2.45) is 0 Å². The Hall–Kier alpha value is -4.49. The number of nitrogens with one attached hydrogen (secondary N) is 1. The maximum atomic E-state index is 14.3. The fourth-order valence-electron chi connectivity index (χ4n) is 5.66. The molecule has 3 aromatic carbocycles. The Bertz CT molecular complexity index is 1930. The van der Waals surface area contributed by atoms with E-state index in [0.717, 1.165) is 0 Å². The summed E-state index contributed by atoms with van der Waals surface area (Å²) in [5.74, 6) is -10.0. The number of pyridine rings is 1. The van der Waals surface area contributed by atoms with Crippen molar-refractivity contribution in [2.45, 2.75) is 69.9 Å². The van der Waals surface area contributed by atoms with E-state index in [2.05, 4.69) is 5.32 Å². The van der Waals surface area contributed by atoms with Gasteiger partial charge in [-0.25, -0.2) is 13.2 Å². The Morgan fingerprint density at radius 3 is 2.37 bits per heavy atom. The molecule has 8 nitrogen and oxygen atoms in total. The Morgan fingerprint density at radius 2 is 1.69 bits per heavy atom. The van der Waals surface area contributed by atoms with Crippen LogP contribution >= 0.6 is 11.6 Å². The van der Waals surface area contributed by atoms with E-state index < -0.39 is 95.2 Å². The topological polar surface area (TPSA) is 99.2 Å². The molecule has 0 aliphatic carbocycles. The minimum atomic E-state index is -1.74. The third-order valence-electron chi connectivity index (χ3n) is 8.08. The summed E-state index contributed by atoms with van der Waals surface area (Å²) in [6, 6.07) is 10.3. The lowest BCUT2D eigenvalue weighted by Gasteiger charge is -2.27. The number of ether oxygens (including phenoxy) is 3. The second-order valence-electron chi connectivity index (χ2n) is 12.3. The van der Waals surface area contributed by atoms with Gasteiger partial charge in [-0.3, -0.25) is 14.4 Å². The lowest BCUT2D eigenvalue weighted by Crippen LogP contribution is -2.46. The Kier molecular flexibility index (Phi) is 10.6. The number of amides is 1. The predicted octanol–water partition coefficient (Wildman–Crippen LogP) is 6.59. The average molecular weight is 707 g/mol. The number of hydrogen-bond acceptors (Lipinski definition) is 6. The highest BCUT2D eigenvalue weighted by Gasteiger charge is 2.48. The quantitative estimate of drug-likeness (QED) is 0.0730. The summed E-state index contributed by atoms with van der Waals surface area (Å²) in [6.07, 6.45) is -0.754. The zero-order valence-corrected chi connectivity index (χ0v) is 27.3. The van der Waals surface area contributed by atoms with Crippen LogP contribution in [-0.2, 0) is 25.5 Å². The number of esters is 1. The van der Waals surface area contributed by atoms with Gasteiger partial charge in [-0.1, -0.05) is 42.8 Å². The lowest BCUT2D eigenvalue weighted by molar-refractivity contribution is -0.157. The van der Waals surface area contributed by atoms with Crippen molar-refractivity contribution in [2.75, 3.05) is 6.61 Å². The van der Waals surface area contributed by atoms with Crippen LogP contribution in [0.3, 0.4) is 0 Å². The van der Waals surface area contributed by atoms with Crippen LogP contribution in [0.2, 0.25) is 5.02 Å². The first-order chi connectivity index (χ1) is 23.2. The molecule has 0 saturated carbocycles. The molecule has 1 N–H and O–H groups in total. The van der Waals surface area contributed by atoms with Crippen molar-refractivity contribution < 1.29 is 45.8 Å². The van der Waals surface area contributed by atoms with Crippen molar-refractivity contribution >= 4 is 34.2 Å². The van der Waals surface area contributed by atoms with Crippen LogP contribution in [0.4, 0.5) is 22.0 Å². The highest BCUT2D eigenvalue weighted by Crippen LogP contribution is 2.32. The van der Waals surface area contributed by atoms with Gasteiger partial charge in [0, 0.05) is 29.1 Å². The molecule has 0 spiro atoms. The third-order valence-corrected chi connectivity index (χ3v) is 8.32. The largest absolute Gasteiger partial charge is 0.485 e. The molecule has 0 radical (unpaired) electrons. The van der Waals surface area contributed by atoms with Crippen LogP contribution in [0.5, 0.6) is 5.75 Å². The van der Waals surface area contributed by atoms with Gasteiger partial charge >= 0.3 is 5.97 Å². The number of hydrogen-bond donors (Lipinski definition) is 1. The zero-order valence-electron chi connectivity index (χ0n) is 26.6. The lowest BCUT2D eigenvalue weighted by atomic mass is 9.97. The van der Waals surface area contributed by atoms with Gasteiger partial charge in [-0.05, 0) is 55.5 Å². The fourth-order valence-corrected chi connectivity index (χ4v) is 5.83. The molecule has 2 heterocycles. The van der Waals surface area contributed by atoms with Gasteiger partial charge in [-0.2, -0.15) is 8.78 Å². The molecular weight excluding hydrogens is 675 g/mol. The smallest absolute Gasteiger partial charge is 0.308 e. The van der Waals surface area contributed by atoms with Gasteiger partial charge < -0.3 is 24.1 Å². The van der Waals surface area contributed by atoms with E-state index in [4.69, 9.17) is 25.8 Å². The van der Waals surface area contributed by atoms with Crippen LogP contribution < -0.4 is 15.6 Å². The predicted molar refractivity (Wildman–Crippen MR) is 170 cm³/mol. The molecule has 1 aliphatic heterocycles. The van der Waals surface area contributed by atoms with Crippen molar-refractivity contribution in [3.63, 3.8) is 0 Å². The van der Waals surface area contributed by atoms with Crippen molar-refractivity contribution in [1.82, 2.24) is 9.88 Å². The minimum Gasteiger partial charge on any atom is -0.485 e. The van der Waals surface area contributed by atoms with E-state index in [9.17, 15) is 36.3 Å². The summed E-state index contributed by atoms with van der Waals surface area (Å²) >= 11 is 6.10. The maximum absolute atomic E-state index is 14.3. The molecule has 3 unspecified atom stereocenters. The van der Waals surface area contributed by atoms with Crippen molar-refractivity contribution in [3.05, 3.63) is 111 Å². The van der Waals surface area contributed by atoms with Crippen LogP contribution in [0.25, 0.3) is 10.8 Å². The Labute approximate surface area is 282 Å². The number of carbonyl (C=O) groups is 2. The molecule has 0 bridgehead atoms. The summed E-state index contributed by atoms with van der Waals surface area (Å²) in [5.41, 5.74) is -1.34. The van der Waals surface area contributed by atoms with E-state index in [1.165, 1.54) is 29.0 Å². The monoisotopic (exact) mass is 706 g/mol. The van der Waals surface area contributed by atoms with Gasteiger partial charge in [0.2, 0.25) is 17.5 Å². The molecule has 5 rings (SSSR count). The second kappa shape index (κ2) is 14.6. The molecular formula is C35H32ClF5N2O6. The fraction of sp³-hybridized carbons (Fsp3) is 0.343. The Balaban J connectivity index is 1.35. The van der Waals surface area contributed by atoms with E-state index in [-0.39, 0.29) is 24.3 Å². The van der Waals surface area contributed by atoms with Crippen LogP contribution in [0, 0.1) is 29.1 Å². The number of fused-ring (bicyclic) bond motifs is 1. The summed E-state index contributed by atoms with van der Waals surface area (Å²) < 4.78 is 87.5. The number of aromatic nitrogens is 1. The Morgan fingerprint density at radius 1 is 1.00 bits per heavy atom. The first-order valence-corrected chi connectivity index (χ1v) is 15.7. The molecule has 1 saturated heterocycles. The standard InChI is InChI=1S/C35H32ClF5N2O6/c1-4-26(43-12-11-18-9-10-20(36)13-21(18)34(43)46)33(45)42-25(15-28(44)49-35(2,3)16-19-7-5-6-8-22(19)37)31-27(48-31)17-47-32-29(40)23(38)14-24(39)30(32)41/h5-14,25-27,31H,4,15-17H2,1-3H3,(H,42,45)/t25?,26-,27?,31?/m0/s1. The first kappa shape index (κ1) is 35.8. The van der Waals surface area contributed by atoms with E-state index in [0.29, 0.717) is 16.0 Å². The molecule has 4 atom stereocenters. The zero-order chi connectivity index (χ0) is 35.6. The molecule has 14 heteroatoms.